The van der Waals surface area contributed by atoms with Crippen LogP contribution in [0.15, 0.2) is 30.6 Å². The van der Waals surface area contributed by atoms with Gasteiger partial charge in [-0.2, -0.15) is 10.2 Å². The Morgan fingerprint density at radius 2 is 1.52 bits per heavy atom. The van der Waals surface area contributed by atoms with Gasteiger partial charge in [-0.3, -0.25) is 9.36 Å². The molecule has 4 aromatic heterocycles. The summed E-state index contributed by atoms with van der Waals surface area (Å²) in [6, 6.07) is 5.41. The maximum atomic E-state index is 12.7. The Kier molecular flexibility index (Phi) is 3.77. The molecule has 7 heteroatoms. The van der Waals surface area contributed by atoms with Gasteiger partial charge < -0.3 is 0 Å². The molecule has 0 atom stereocenters. The molecule has 0 aliphatic heterocycles. The van der Waals surface area contributed by atoms with Gasteiger partial charge in [0.05, 0.1) is 17.6 Å². The first-order valence-electron chi connectivity index (χ1n) is 7.16. The molecule has 6 nitrogen and oxygen atoms in total. The summed E-state index contributed by atoms with van der Waals surface area (Å²) >= 11 is 0. The van der Waals surface area contributed by atoms with Crippen molar-refractivity contribution in [3.05, 3.63) is 47.8 Å². The molecule has 4 rings (SSSR count). The van der Waals surface area contributed by atoms with Crippen molar-refractivity contribution in [3.63, 3.8) is 0 Å². The van der Waals surface area contributed by atoms with E-state index < -0.39 is 0 Å². The zero-order chi connectivity index (χ0) is 16.6. The summed E-state index contributed by atoms with van der Waals surface area (Å²) in [5.41, 5.74) is 3.51. The first-order valence-corrected chi connectivity index (χ1v) is 7.16. The number of nitrogens with zero attached hydrogens (tertiary/aromatic N) is 6. The topological polar surface area (TPSA) is 61.4 Å². The van der Waals surface area contributed by atoms with Crippen molar-refractivity contribution in [2.24, 2.45) is 14.1 Å². The molecule has 0 saturated carbocycles. The highest BCUT2D eigenvalue weighted by molar-refractivity contribution is 5.78. The number of fused-ring (bicyclic) bond motifs is 2. The minimum atomic E-state index is -0.321. The molecule has 0 bridgehead atoms. The van der Waals surface area contributed by atoms with E-state index in [1.165, 1.54) is 12.3 Å². The monoisotopic (exact) mass is 312 g/mol. The normalized spacial score (nSPS) is 10.8. The van der Waals surface area contributed by atoms with Crippen LogP contribution in [0.25, 0.3) is 22.1 Å². The predicted molar refractivity (Wildman–Crippen MR) is 86.5 cm³/mol. The van der Waals surface area contributed by atoms with Gasteiger partial charge in [-0.05, 0) is 32.0 Å². The SMILES string of the molecule is Cc1nn(C)c2ncc(F)cc12.Cc1nn(C)c2ncccc12. The number of hydrogen-bond donors (Lipinski definition) is 0. The van der Waals surface area contributed by atoms with Crippen LogP contribution in [0.2, 0.25) is 0 Å². The largest absolute Gasteiger partial charge is 0.250 e. The Hall–Kier alpha value is -2.83. The number of rotatable bonds is 0. The van der Waals surface area contributed by atoms with Crippen molar-refractivity contribution in [1.29, 1.82) is 0 Å². The average molecular weight is 312 g/mol. The van der Waals surface area contributed by atoms with Crippen molar-refractivity contribution in [2.75, 3.05) is 0 Å². The lowest BCUT2D eigenvalue weighted by Crippen LogP contribution is -1.91. The van der Waals surface area contributed by atoms with Crippen molar-refractivity contribution < 1.29 is 4.39 Å². The third kappa shape index (κ3) is 2.77. The van der Waals surface area contributed by atoms with Gasteiger partial charge in [-0.25, -0.2) is 14.4 Å². The Labute approximate surface area is 132 Å². The predicted octanol–water partition coefficient (Wildman–Crippen LogP) is 2.69. The fourth-order valence-corrected chi connectivity index (χ4v) is 2.55. The van der Waals surface area contributed by atoms with Crippen molar-refractivity contribution >= 4 is 22.1 Å². The Morgan fingerprint density at radius 1 is 0.913 bits per heavy atom. The van der Waals surface area contributed by atoms with Gasteiger partial charge in [0.2, 0.25) is 0 Å². The standard InChI is InChI=1S/C8H8FN3.C8H9N3/c1-5-7-3-6(9)4-10-8(7)12(2)11-5;1-6-7-4-3-5-9-8(7)11(2)10-6/h3-4H,1-2H3;3-5H,1-2H3. The molecule has 0 aliphatic carbocycles. The Morgan fingerprint density at radius 3 is 2.17 bits per heavy atom. The molecule has 0 aromatic carbocycles. The van der Waals surface area contributed by atoms with E-state index in [9.17, 15) is 4.39 Å². The summed E-state index contributed by atoms with van der Waals surface area (Å²) in [6.07, 6.45) is 2.98. The van der Waals surface area contributed by atoms with Crippen LogP contribution >= 0.6 is 0 Å². The van der Waals surface area contributed by atoms with Gasteiger partial charge in [0.15, 0.2) is 11.3 Å². The van der Waals surface area contributed by atoms with E-state index in [2.05, 4.69) is 20.2 Å². The maximum Gasteiger partial charge on any atom is 0.157 e. The van der Waals surface area contributed by atoms with E-state index in [-0.39, 0.29) is 5.82 Å². The van der Waals surface area contributed by atoms with Gasteiger partial charge in [-0.15, -0.1) is 0 Å². The molecule has 0 radical (unpaired) electrons. The fourth-order valence-electron chi connectivity index (χ4n) is 2.55. The van der Waals surface area contributed by atoms with Gasteiger partial charge in [0.1, 0.15) is 5.82 Å². The fraction of sp³-hybridized carbons (Fsp3) is 0.250. The lowest BCUT2D eigenvalue weighted by molar-refractivity contribution is 0.623. The molecule has 0 amide bonds. The molecule has 118 valence electrons. The highest BCUT2D eigenvalue weighted by Gasteiger charge is 2.06. The second kappa shape index (κ2) is 5.75. The molecule has 23 heavy (non-hydrogen) atoms. The number of pyridine rings is 2. The minimum absolute atomic E-state index is 0.321. The van der Waals surface area contributed by atoms with Gasteiger partial charge in [-0.1, -0.05) is 0 Å². The Balaban J connectivity index is 0.000000136. The van der Waals surface area contributed by atoms with E-state index in [1.807, 2.05) is 33.0 Å². The van der Waals surface area contributed by atoms with Crippen LogP contribution < -0.4 is 0 Å². The quantitative estimate of drug-likeness (QED) is 0.501. The first-order chi connectivity index (χ1) is 11.0. The summed E-state index contributed by atoms with van der Waals surface area (Å²) in [4.78, 5) is 8.13. The summed E-state index contributed by atoms with van der Waals surface area (Å²) in [6.45, 7) is 3.83. The lowest BCUT2D eigenvalue weighted by Gasteiger charge is -1.91. The molecule has 0 saturated heterocycles. The van der Waals surface area contributed by atoms with Gasteiger partial charge in [0, 0.05) is 31.1 Å². The second-order valence-electron chi connectivity index (χ2n) is 5.32. The zero-order valence-corrected chi connectivity index (χ0v) is 13.4. The van der Waals surface area contributed by atoms with Gasteiger partial charge in [0.25, 0.3) is 0 Å². The lowest BCUT2D eigenvalue weighted by atomic mass is 10.3. The van der Waals surface area contributed by atoms with Crippen molar-refractivity contribution in [2.45, 2.75) is 13.8 Å². The van der Waals surface area contributed by atoms with E-state index in [1.54, 1.807) is 22.6 Å². The number of hydrogen-bond acceptors (Lipinski definition) is 4. The second-order valence-corrected chi connectivity index (χ2v) is 5.32. The van der Waals surface area contributed by atoms with Crippen molar-refractivity contribution in [1.82, 2.24) is 29.5 Å². The van der Waals surface area contributed by atoms with E-state index >= 15 is 0 Å². The number of aromatic nitrogens is 6. The van der Waals surface area contributed by atoms with E-state index in [0.717, 1.165) is 27.8 Å². The maximum absolute atomic E-state index is 12.7. The van der Waals surface area contributed by atoms with Crippen LogP contribution in [-0.4, -0.2) is 29.5 Å². The summed E-state index contributed by atoms with van der Waals surface area (Å²) in [7, 11) is 3.70. The highest BCUT2D eigenvalue weighted by Crippen LogP contribution is 2.15. The van der Waals surface area contributed by atoms with Crippen LogP contribution in [0.1, 0.15) is 11.4 Å². The summed E-state index contributed by atoms with van der Waals surface area (Å²) in [5, 5.41) is 10.3. The summed E-state index contributed by atoms with van der Waals surface area (Å²) in [5.74, 6) is -0.321. The first kappa shape index (κ1) is 15.1. The molecule has 4 aromatic rings. The summed E-state index contributed by atoms with van der Waals surface area (Å²) < 4.78 is 16.2. The molecule has 4 heterocycles. The van der Waals surface area contributed by atoms with Crippen LogP contribution in [0.5, 0.6) is 0 Å². The van der Waals surface area contributed by atoms with E-state index in [0.29, 0.717) is 5.65 Å². The highest BCUT2D eigenvalue weighted by atomic mass is 19.1. The van der Waals surface area contributed by atoms with Crippen LogP contribution in [0.4, 0.5) is 4.39 Å². The van der Waals surface area contributed by atoms with Crippen LogP contribution in [0, 0.1) is 19.7 Å². The third-order valence-electron chi connectivity index (χ3n) is 3.61. The molecule has 0 spiro atoms. The molecule has 0 aliphatic rings. The molecule has 0 fully saturated rings. The minimum Gasteiger partial charge on any atom is -0.250 e. The zero-order valence-electron chi connectivity index (χ0n) is 13.4. The van der Waals surface area contributed by atoms with Gasteiger partial charge >= 0.3 is 0 Å². The van der Waals surface area contributed by atoms with Crippen molar-refractivity contribution in [3.8, 4) is 0 Å². The molecular formula is C16H17FN6. The average Bonchev–Trinajstić information content (AvgIpc) is 2.97. The number of halogens is 1. The molecule has 0 unspecified atom stereocenters. The van der Waals surface area contributed by atoms with E-state index in [4.69, 9.17) is 0 Å². The number of aryl methyl sites for hydroxylation is 4. The Bertz CT molecular complexity index is 949. The third-order valence-corrected chi connectivity index (χ3v) is 3.61. The van der Waals surface area contributed by atoms with Crippen LogP contribution in [0.3, 0.4) is 0 Å². The van der Waals surface area contributed by atoms with Crippen LogP contribution in [-0.2, 0) is 14.1 Å². The molecule has 0 N–H and O–H groups in total. The smallest absolute Gasteiger partial charge is 0.157 e. The molecular weight excluding hydrogens is 295 g/mol.